The summed E-state index contributed by atoms with van der Waals surface area (Å²) < 4.78 is 70.3. The summed E-state index contributed by atoms with van der Waals surface area (Å²) in [6, 6.07) is 25.4. The number of pyridine rings is 2. The number of hydrogen-bond acceptors (Lipinski definition) is 17. The molecule has 6 fully saturated rings. The molecule has 12 rings (SSSR count). The van der Waals surface area contributed by atoms with Crippen molar-refractivity contribution in [1.82, 2.24) is 44.3 Å². The maximum Gasteiger partial charge on any atom is 1.00 e. The van der Waals surface area contributed by atoms with Crippen LogP contribution in [0.4, 0.5) is 5.82 Å². The number of rotatable bonds is 14. The third-order valence-corrected chi connectivity index (χ3v) is 19.4. The van der Waals surface area contributed by atoms with Crippen molar-refractivity contribution in [3.8, 4) is 23.4 Å². The number of ether oxygens (including phenoxy) is 2. The van der Waals surface area contributed by atoms with Crippen LogP contribution in [0, 0.1) is 35.5 Å². The van der Waals surface area contributed by atoms with Crippen molar-refractivity contribution in [3.05, 3.63) is 126 Å². The number of sulfonamides is 2. The van der Waals surface area contributed by atoms with Gasteiger partial charge in [0.05, 0.1) is 20.9 Å². The van der Waals surface area contributed by atoms with Crippen LogP contribution in [0.5, 0.6) is 11.8 Å². The van der Waals surface area contributed by atoms with E-state index >= 15 is 0 Å². The van der Waals surface area contributed by atoms with Crippen molar-refractivity contribution in [1.29, 1.82) is 0 Å². The van der Waals surface area contributed by atoms with E-state index < -0.39 is 31.9 Å². The maximum atomic E-state index is 13.4. The first-order valence-electron chi connectivity index (χ1n) is 28.1. The number of anilines is 1. The Bertz CT molecular complexity index is 3510. The third-order valence-electron chi connectivity index (χ3n) is 16.4. The van der Waals surface area contributed by atoms with Crippen LogP contribution in [0.3, 0.4) is 0 Å². The molecule has 3 N–H and O–H groups in total. The van der Waals surface area contributed by atoms with Gasteiger partial charge in [0, 0.05) is 42.1 Å². The summed E-state index contributed by atoms with van der Waals surface area (Å²) in [6.45, 7) is 14.9. The second-order valence-corrected chi connectivity index (χ2v) is 27.6. The molecule has 4 aliphatic carbocycles. The van der Waals surface area contributed by atoms with E-state index in [4.69, 9.17) is 36.1 Å². The van der Waals surface area contributed by atoms with Crippen molar-refractivity contribution in [2.75, 3.05) is 18.0 Å². The summed E-state index contributed by atoms with van der Waals surface area (Å²) in [5, 5.41) is 20.8. The van der Waals surface area contributed by atoms with Crippen molar-refractivity contribution in [2.45, 2.75) is 139 Å². The Kier molecular flexibility index (Phi) is 30.0. The number of carbonyl (C=O) groups is 3. The Morgan fingerprint density at radius 3 is 1.49 bits per heavy atom. The zero-order chi connectivity index (χ0) is 59.3. The standard InChI is InChI=1S/C29H35N5O4S.C22H21ClN4O4S.C7H15N.CH2O3.ClH.2K.2H2S.H/c1-19-17-29(2,3)33(18-19)27-23(28(35)32-39(36,37)22-7-5-4-6-8-22)11-12-25(30-27)34-14-13-26(31-34)38-24-16-20-9-10-21(24)15-20;23-21-17(22(28)26-32(29,30)16-4-2-1-3-5-16)8-9-19(24-21)27-11-10-20(25-27)31-18-13-14-6-7-15(18)12-14;1-6-4-7(2,3)8-5-6;2-1-4-3;;;;;;/h4-8,11-14,19-21,24H,9-10,15-18H2,1-3H3,(H,32,35);1-5,8-11,14-15,18H,6-7,12-13H2,(H,26,28);6,8H,4-5H2,1-3H3;1,3H;1H;;;2*1H2;/q;;;;;2*+1;;;-1/p-1/t19-,20-,21+,24-;14-,15+,18-;6-;;;;;;;/m000......./s1. The van der Waals surface area contributed by atoms with Crippen LogP contribution in [-0.2, 0) is 29.7 Å². The predicted octanol–water partition coefficient (Wildman–Crippen LogP) is 2.78. The van der Waals surface area contributed by atoms with Crippen LogP contribution in [-0.4, -0.2) is 101 Å². The van der Waals surface area contributed by atoms with E-state index in [0.717, 1.165) is 37.0 Å². The molecule has 0 radical (unpaired) electrons. The number of amides is 2. The molecular weight excluding hydrogens is 1300 g/mol. The predicted molar refractivity (Wildman–Crippen MR) is 337 cm³/mol. The van der Waals surface area contributed by atoms with E-state index in [2.05, 4.69) is 76.6 Å². The van der Waals surface area contributed by atoms with Crippen LogP contribution < -0.4 is 137 Å². The van der Waals surface area contributed by atoms with Crippen molar-refractivity contribution >= 4 is 95.2 Å². The Balaban J connectivity index is 0.000000374. The molecule has 0 unspecified atom stereocenters. The van der Waals surface area contributed by atoms with Crippen molar-refractivity contribution in [2.24, 2.45) is 35.5 Å². The average Bonchev–Trinajstić information content (AvgIpc) is 1.79. The van der Waals surface area contributed by atoms with Crippen LogP contribution in [0.1, 0.15) is 128 Å². The fourth-order valence-corrected chi connectivity index (χ4v) is 14.9. The number of halogens is 2. The first-order valence-corrected chi connectivity index (χ1v) is 31.5. The summed E-state index contributed by atoms with van der Waals surface area (Å²) in [7, 11) is -8.06. The molecule has 2 saturated heterocycles. The van der Waals surface area contributed by atoms with Crippen LogP contribution in [0.25, 0.3) is 11.6 Å². The number of nitrogens with zero attached hydrogens (tertiary/aromatic N) is 7. The van der Waals surface area contributed by atoms with Gasteiger partial charge in [0.2, 0.25) is 11.8 Å². The largest absolute Gasteiger partial charge is 1.00 e. The number of benzene rings is 2. The molecule has 2 aromatic carbocycles. The van der Waals surface area contributed by atoms with E-state index in [1.54, 1.807) is 71.5 Å². The van der Waals surface area contributed by atoms with Crippen LogP contribution in [0.15, 0.2) is 119 Å². The zero-order valence-electron chi connectivity index (χ0n) is 51.8. The van der Waals surface area contributed by atoms with Gasteiger partial charge < -0.3 is 31.3 Å². The van der Waals surface area contributed by atoms with E-state index in [9.17, 15) is 26.4 Å². The van der Waals surface area contributed by atoms with Gasteiger partial charge in [-0.3, -0.25) is 14.4 Å². The van der Waals surface area contributed by atoms with Gasteiger partial charge in [-0.15, -0.1) is 22.6 Å². The SMILES string of the molecule is C[C@@H]1CN(c2nc(-n3ccc(O[C@H]4C[C@H]5CC[C@@H]4C5)n3)ccc2C(=O)NS(=O)(=O)c2ccccc2)C(C)(C)C1.C[C@@H]1CNC(C)(C)C1.Cl.O=C(NS(=O)(=O)c1ccccc1)c1ccc(-n2ccc(O[C@H]3C[C@H]4CC[C@@H]3C4)n2)nc1Cl.O=CO[O-].S.S.[H-].[K+].[K+]. The monoisotopic (exact) mass is 1380 g/mol. The second kappa shape index (κ2) is 34.0. The van der Waals surface area contributed by atoms with E-state index in [0.29, 0.717) is 59.1 Å². The molecule has 2 amide bonds. The molecule has 88 heavy (non-hydrogen) atoms. The first kappa shape index (κ1) is 77.8. The fraction of sp³-hybridized carbons (Fsp3) is 0.475. The fourth-order valence-electron chi connectivity index (χ4n) is 12.7. The van der Waals surface area contributed by atoms with Crippen LogP contribution in [0.2, 0.25) is 5.15 Å². The van der Waals surface area contributed by atoms with Gasteiger partial charge in [-0.25, -0.2) is 45.6 Å². The van der Waals surface area contributed by atoms with Gasteiger partial charge in [0.15, 0.2) is 11.6 Å². The number of aromatic nitrogens is 6. The topological polar surface area (TPSA) is 271 Å². The number of carbonyl (C=O) groups excluding carboxylic acids is 3. The first-order chi connectivity index (χ1) is 39.5. The van der Waals surface area contributed by atoms with Gasteiger partial charge in [-0.1, -0.05) is 61.8 Å². The molecule has 6 heterocycles. The van der Waals surface area contributed by atoms with Gasteiger partial charge in [0.1, 0.15) is 23.2 Å². The summed E-state index contributed by atoms with van der Waals surface area (Å²) in [4.78, 5) is 48.4. The summed E-state index contributed by atoms with van der Waals surface area (Å²) in [5.41, 5.74) is 0.296. The number of nitrogens with one attached hydrogen (secondary N) is 3. The second-order valence-electron chi connectivity index (χ2n) is 23.9. The molecule has 4 saturated carbocycles. The van der Waals surface area contributed by atoms with Gasteiger partial charge in [-0.05, 0) is 182 Å². The molecule has 2 aliphatic heterocycles. The smallest absolute Gasteiger partial charge is 1.00 e. The van der Waals surface area contributed by atoms with Crippen molar-refractivity contribution in [3.63, 3.8) is 0 Å². The van der Waals surface area contributed by atoms with Gasteiger partial charge >= 0.3 is 103 Å². The summed E-state index contributed by atoms with van der Waals surface area (Å²) >= 11 is 6.20. The minimum absolute atomic E-state index is 0. The minimum atomic E-state index is -4.04. The summed E-state index contributed by atoms with van der Waals surface area (Å²) in [6.07, 6.45) is 15.9. The van der Waals surface area contributed by atoms with Gasteiger partial charge in [0.25, 0.3) is 38.3 Å². The average molecular weight is 1380 g/mol. The van der Waals surface area contributed by atoms with Crippen LogP contribution >= 0.6 is 51.0 Å². The van der Waals surface area contributed by atoms with E-state index in [1.807, 2.05) is 17.0 Å². The number of fused-ring (bicyclic) bond motifs is 4. The molecule has 8 atom stereocenters. The quantitative estimate of drug-likeness (QED) is 0.0465. The molecule has 6 aromatic rings. The molecule has 4 bridgehead atoms. The van der Waals surface area contributed by atoms with E-state index in [1.165, 1.54) is 86.5 Å². The maximum absolute atomic E-state index is 13.4. The Morgan fingerprint density at radius 1 is 0.670 bits per heavy atom. The third kappa shape index (κ3) is 19.9. The Labute approximate surface area is 627 Å². The molecule has 21 nitrogen and oxygen atoms in total. The summed E-state index contributed by atoms with van der Waals surface area (Å²) in [5.74, 6) is 4.93. The normalized spacial score (nSPS) is 22.9. The molecule has 470 valence electrons. The number of hydrogen-bond donors (Lipinski definition) is 3. The van der Waals surface area contributed by atoms with E-state index in [-0.39, 0.29) is 194 Å². The molecule has 29 heteroatoms. The molecular formula is C59H78Cl2K2N10O11S4. The molecule has 6 aliphatic rings. The Morgan fingerprint density at radius 2 is 1.12 bits per heavy atom. The zero-order valence-corrected chi connectivity index (χ0v) is 62.2. The van der Waals surface area contributed by atoms with Gasteiger partial charge in [-0.2, -0.15) is 27.0 Å². The van der Waals surface area contributed by atoms with Crippen molar-refractivity contribution < 1.29 is 155 Å². The minimum Gasteiger partial charge on any atom is -1.00 e. The molecule has 0 spiro atoms. The Hall–Kier alpha value is -2.66. The molecule has 4 aromatic heterocycles.